The number of anilines is 1. The van der Waals surface area contributed by atoms with Gasteiger partial charge in [0.15, 0.2) is 11.2 Å². The number of nitrogens with two attached hydrogens (primary N) is 1. The maximum Gasteiger partial charge on any atom is 0.319 e. The van der Waals surface area contributed by atoms with E-state index in [0.717, 1.165) is 0 Å². The molecule has 0 radical (unpaired) electrons. The molecule has 10 nitrogen and oxygen atoms in total. The van der Waals surface area contributed by atoms with Gasteiger partial charge >= 0.3 is 6.01 Å². The van der Waals surface area contributed by atoms with E-state index in [9.17, 15) is 0 Å². The molecule has 3 aromatic heterocycles. The van der Waals surface area contributed by atoms with E-state index < -0.39 is 0 Å². The number of ether oxygens (including phenoxy) is 3. The van der Waals surface area contributed by atoms with Crippen LogP contribution in [0, 0.1) is 0 Å². The summed E-state index contributed by atoms with van der Waals surface area (Å²) in [6, 6.07) is 0.190. The van der Waals surface area contributed by atoms with Gasteiger partial charge in [0, 0.05) is 6.20 Å². The zero-order valence-electron chi connectivity index (χ0n) is 13.3. The van der Waals surface area contributed by atoms with Crippen LogP contribution in [0.1, 0.15) is 6.92 Å². The van der Waals surface area contributed by atoms with Gasteiger partial charge in [0.1, 0.15) is 0 Å². The van der Waals surface area contributed by atoms with Gasteiger partial charge in [0.2, 0.25) is 17.7 Å². The van der Waals surface area contributed by atoms with Crippen molar-refractivity contribution in [2.24, 2.45) is 0 Å². The lowest BCUT2D eigenvalue weighted by Crippen LogP contribution is -2.04. The molecule has 0 unspecified atom stereocenters. The molecular formula is C14H15N7O3. The largest absolute Gasteiger partial charge is 0.480 e. The van der Waals surface area contributed by atoms with E-state index in [0.29, 0.717) is 34.9 Å². The van der Waals surface area contributed by atoms with Gasteiger partial charge in [-0.3, -0.25) is 0 Å². The van der Waals surface area contributed by atoms with Crippen LogP contribution in [0.5, 0.6) is 17.8 Å². The molecule has 24 heavy (non-hydrogen) atoms. The number of nitrogen functional groups attached to an aromatic ring is 1. The van der Waals surface area contributed by atoms with Gasteiger partial charge in [-0.05, 0) is 6.92 Å². The lowest BCUT2D eigenvalue weighted by molar-refractivity contribution is 0.330. The highest BCUT2D eigenvalue weighted by Gasteiger charge is 2.16. The second kappa shape index (κ2) is 6.44. The molecule has 3 aromatic rings. The number of aromatic nitrogens is 6. The number of fused-ring (bicyclic) bond motifs is 1. The standard InChI is InChI=1S/C14H15N7O3/c1-4-24-12-9-10(19-13(15)20-12)16-6-8(18-9)7-5-17-14(23-3)21-11(7)22-2/h5-6H,4H2,1-3H3,(H2,15,16,19,20). The first-order valence-corrected chi connectivity index (χ1v) is 7.04. The minimum atomic E-state index is 0.0679. The van der Waals surface area contributed by atoms with Crippen molar-refractivity contribution in [3.63, 3.8) is 0 Å². The Balaban J connectivity index is 2.17. The van der Waals surface area contributed by atoms with Crippen LogP contribution in [0.3, 0.4) is 0 Å². The summed E-state index contributed by atoms with van der Waals surface area (Å²) in [5, 5.41) is 0. The van der Waals surface area contributed by atoms with Gasteiger partial charge < -0.3 is 19.9 Å². The summed E-state index contributed by atoms with van der Waals surface area (Å²) in [4.78, 5) is 25.1. The second-order valence-electron chi connectivity index (χ2n) is 4.53. The Hall–Kier alpha value is -3.30. The summed E-state index contributed by atoms with van der Waals surface area (Å²) in [6.07, 6.45) is 3.07. The zero-order valence-corrected chi connectivity index (χ0v) is 13.3. The topological polar surface area (TPSA) is 131 Å². The second-order valence-corrected chi connectivity index (χ2v) is 4.53. The first-order chi connectivity index (χ1) is 11.7. The normalized spacial score (nSPS) is 10.6. The fourth-order valence-corrected chi connectivity index (χ4v) is 2.05. The highest BCUT2D eigenvalue weighted by molar-refractivity contribution is 5.79. The van der Waals surface area contributed by atoms with Gasteiger partial charge in [-0.1, -0.05) is 0 Å². The van der Waals surface area contributed by atoms with Crippen LogP contribution in [0.2, 0.25) is 0 Å². The molecule has 0 atom stereocenters. The Morgan fingerprint density at radius 3 is 2.50 bits per heavy atom. The predicted molar refractivity (Wildman–Crippen MR) is 84.8 cm³/mol. The first-order valence-electron chi connectivity index (χ1n) is 7.04. The Kier molecular flexibility index (Phi) is 4.18. The van der Waals surface area contributed by atoms with Gasteiger partial charge in [0.25, 0.3) is 0 Å². The van der Waals surface area contributed by atoms with Crippen LogP contribution < -0.4 is 19.9 Å². The summed E-state index contributed by atoms with van der Waals surface area (Å²) >= 11 is 0. The van der Waals surface area contributed by atoms with E-state index in [4.69, 9.17) is 19.9 Å². The lowest BCUT2D eigenvalue weighted by atomic mass is 10.2. The van der Waals surface area contributed by atoms with Gasteiger partial charge in [-0.2, -0.15) is 15.0 Å². The third-order valence-electron chi connectivity index (χ3n) is 3.06. The zero-order chi connectivity index (χ0) is 17.1. The van der Waals surface area contributed by atoms with E-state index in [-0.39, 0.29) is 17.8 Å². The Labute approximate surface area is 137 Å². The average Bonchev–Trinajstić information content (AvgIpc) is 2.61. The van der Waals surface area contributed by atoms with E-state index >= 15 is 0 Å². The van der Waals surface area contributed by atoms with Crippen molar-refractivity contribution in [3.8, 4) is 29.0 Å². The maximum absolute atomic E-state index is 5.66. The molecule has 2 N–H and O–H groups in total. The van der Waals surface area contributed by atoms with E-state index in [1.54, 1.807) is 6.20 Å². The van der Waals surface area contributed by atoms with E-state index in [1.165, 1.54) is 20.4 Å². The summed E-state index contributed by atoms with van der Waals surface area (Å²) in [7, 11) is 2.97. The van der Waals surface area contributed by atoms with Crippen LogP contribution in [0.15, 0.2) is 12.4 Å². The molecule has 0 spiro atoms. The molecule has 0 saturated heterocycles. The van der Waals surface area contributed by atoms with Crippen molar-refractivity contribution in [2.75, 3.05) is 26.6 Å². The number of hydrogen-bond donors (Lipinski definition) is 1. The number of methoxy groups -OCH3 is 2. The van der Waals surface area contributed by atoms with Crippen molar-refractivity contribution in [3.05, 3.63) is 12.4 Å². The molecule has 0 aliphatic carbocycles. The summed E-state index contributed by atoms with van der Waals surface area (Å²) in [5.74, 6) is 0.644. The minimum Gasteiger partial charge on any atom is -0.480 e. The van der Waals surface area contributed by atoms with Crippen molar-refractivity contribution >= 4 is 17.1 Å². The number of nitrogens with zero attached hydrogens (tertiary/aromatic N) is 6. The summed E-state index contributed by atoms with van der Waals surface area (Å²) in [6.45, 7) is 2.24. The average molecular weight is 329 g/mol. The third kappa shape index (κ3) is 2.81. The molecule has 0 amide bonds. The highest BCUT2D eigenvalue weighted by atomic mass is 16.5. The summed E-state index contributed by atoms with van der Waals surface area (Å²) in [5.41, 5.74) is 7.42. The van der Waals surface area contributed by atoms with Crippen molar-refractivity contribution in [2.45, 2.75) is 6.92 Å². The highest BCUT2D eigenvalue weighted by Crippen LogP contribution is 2.29. The molecule has 10 heteroatoms. The molecule has 0 aliphatic heterocycles. The Morgan fingerprint density at radius 1 is 0.958 bits per heavy atom. The first kappa shape index (κ1) is 15.6. The fourth-order valence-electron chi connectivity index (χ4n) is 2.05. The quantitative estimate of drug-likeness (QED) is 0.719. The SMILES string of the molecule is CCOc1nc(N)nc2ncc(-c3cnc(OC)nc3OC)nc12. The predicted octanol–water partition coefficient (Wildman–Crippen LogP) is 0.875. The van der Waals surface area contributed by atoms with Gasteiger partial charge in [0.05, 0.1) is 38.3 Å². The monoisotopic (exact) mass is 329 g/mol. The molecule has 0 aliphatic rings. The van der Waals surface area contributed by atoms with E-state index in [2.05, 4.69) is 29.9 Å². The Bertz CT molecular complexity index is 888. The molecule has 124 valence electrons. The molecular weight excluding hydrogens is 314 g/mol. The smallest absolute Gasteiger partial charge is 0.319 e. The number of hydrogen-bond acceptors (Lipinski definition) is 10. The molecule has 0 fully saturated rings. The van der Waals surface area contributed by atoms with Crippen LogP contribution in [0.4, 0.5) is 5.95 Å². The number of rotatable bonds is 5. The van der Waals surface area contributed by atoms with Crippen molar-refractivity contribution < 1.29 is 14.2 Å². The minimum absolute atomic E-state index is 0.0679. The lowest BCUT2D eigenvalue weighted by Gasteiger charge is -2.09. The Morgan fingerprint density at radius 2 is 1.79 bits per heavy atom. The fraction of sp³-hybridized carbons (Fsp3) is 0.286. The summed E-state index contributed by atoms with van der Waals surface area (Å²) < 4.78 is 15.7. The molecule has 3 rings (SSSR count). The molecule has 0 aromatic carbocycles. The molecule has 0 bridgehead atoms. The maximum atomic E-state index is 5.66. The van der Waals surface area contributed by atoms with Crippen LogP contribution in [-0.4, -0.2) is 50.7 Å². The van der Waals surface area contributed by atoms with Gasteiger partial charge in [-0.15, -0.1) is 0 Å². The van der Waals surface area contributed by atoms with Gasteiger partial charge in [-0.25, -0.2) is 15.0 Å². The van der Waals surface area contributed by atoms with E-state index in [1.807, 2.05) is 6.92 Å². The third-order valence-corrected chi connectivity index (χ3v) is 3.06. The molecule has 3 heterocycles. The van der Waals surface area contributed by atoms with Crippen LogP contribution in [0.25, 0.3) is 22.4 Å². The van der Waals surface area contributed by atoms with Crippen LogP contribution in [-0.2, 0) is 0 Å². The van der Waals surface area contributed by atoms with Crippen LogP contribution >= 0.6 is 0 Å². The molecule has 0 saturated carbocycles. The van der Waals surface area contributed by atoms with Crippen molar-refractivity contribution in [1.29, 1.82) is 0 Å². The van der Waals surface area contributed by atoms with Crippen molar-refractivity contribution in [1.82, 2.24) is 29.9 Å².